The number of rotatable bonds is 6. The quantitative estimate of drug-likeness (QED) is 0.776. The van der Waals surface area contributed by atoms with Gasteiger partial charge in [-0.25, -0.2) is 0 Å². The summed E-state index contributed by atoms with van der Waals surface area (Å²) in [5, 5.41) is 12.5. The summed E-state index contributed by atoms with van der Waals surface area (Å²) in [5.41, 5.74) is 1.20. The molecule has 1 aromatic carbocycles. The fraction of sp³-hybridized carbons (Fsp3) is 0.538. The minimum Gasteiger partial charge on any atom is -0.497 e. The maximum Gasteiger partial charge on any atom is 0.118 e. The van der Waals surface area contributed by atoms with Crippen molar-refractivity contribution in [2.75, 3.05) is 13.7 Å². The summed E-state index contributed by atoms with van der Waals surface area (Å²) >= 11 is 0. The van der Waals surface area contributed by atoms with Crippen molar-refractivity contribution in [3.05, 3.63) is 29.8 Å². The Hall–Kier alpha value is -1.06. The lowest BCUT2D eigenvalue weighted by Gasteiger charge is -2.20. The van der Waals surface area contributed by atoms with Crippen molar-refractivity contribution in [3.8, 4) is 5.75 Å². The molecule has 0 fully saturated rings. The first kappa shape index (κ1) is 13.0. The van der Waals surface area contributed by atoms with E-state index >= 15 is 0 Å². The molecule has 2 atom stereocenters. The lowest BCUT2D eigenvalue weighted by atomic mass is 10.1. The molecule has 0 spiro atoms. The average Bonchev–Trinajstić information content (AvgIpc) is 2.35. The largest absolute Gasteiger partial charge is 0.497 e. The summed E-state index contributed by atoms with van der Waals surface area (Å²) in [6.07, 6.45) is 0.928. The van der Waals surface area contributed by atoms with Crippen molar-refractivity contribution in [1.82, 2.24) is 5.32 Å². The molecule has 0 amide bonds. The molecule has 0 aromatic heterocycles. The lowest BCUT2D eigenvalue weighted by molar-refractivity contribution is 0.230. The highest BCUT2D eigenvalue weighted by Gasteiger charge is 2.10. The van der Waals surface area contributed by atoms with Gasteiger partial charge in [-0.3, -0.25) is 0 Å². The zero-order valence-electron chi connectivity index (χ0n) is 10.2. The Morgan fingerprint density at radius 3 is 2.38 bits per heavy atom. The molecule has 0 heterocycles. The van der Waals surface area contributed by atoms with Gasteiger partial charge in [-0.05, 0) is 31.0 Å². The average molecular weight is 223 g/mol. The van der Waals surface area contributed by atoms with Gasteiger partial charge in [-0.2, -0.15) is 0 Å². The molecule has 0 saturated heterocycles. The van der Waals surface area contributed by atoms with Gasteiger partial charge in [0.05, 0.1) is 13.7 Å². The maximum atomic E-state index is 9.12. The summed E-state index contributed by atoms with van der Waals surface area (Å²) in [6, 6.07) is 8.39. The van der Waals surface area contributed by atoms with E-state index in [0.29, 0.717) is 0 Å². The minimum absolute atomic E-state index is 0.164. The van der Waals surface area contributed by atoms with Crippen molar-refractivity contribution in [1.29, 1.82) is 0 Å². The van der Waals surface area contributed by atoms with Gasteiger partial charge in [0.2, 0.25) is 0 Å². The van der Waals surface area contributed by atoms with Gasteiger partial charge in [0, 0.05) is 12.1 Å². The Kier molecular flexibility index (Phi) is 5.29. The van der Waals surface area contributed by atoms with Gasteiger partial charge in [-0.1, -0.05) is 19.1 Å². The predicted octanol–water partition coefficient (Wildman–Crippen LogP) is 2.12. The molecule has 16 heavy (non-hydrogen) atoms. The molecule has 3 heteroatoms. The zero-order chi connectivity index (χ0) is 12.0. The van der Waals surface area contributed by atoms with Crippen LogP contribution in [0.4, 0.5) is 0 Å². The van der Waals surface area contributed by atoms with Crippen LogP contribution in [0.5, 0.6) is 5.75 Å². The lowest BCUT2D eigenvalue weighted by Crippen LogP contribution is -2.33. The van der Waals surface area contributed by atoms with Gasteiger partial charge in [0.1, 0.15) is 5.75 Å². The molecule has 0 aliphatic rings. The van der Waals surface area contributed by atoms with Crippen molar-refractivity contribution in [3.63, 3.8) is 0 Å². The molecule has 2 N–H and O–H groups in total. The Morgan fingerprint density at radius 2 is 1.94 bits per heavy atom. The van der Waals surface area contributed by atoms with Crippen LogP contribution < -0.4 is 10.1 Å². The van der Waals surface area contributed by atoms with Gasteiger partial charge < -0.3 is 15.2 Å². The van der Waals surface area contributed by atoms with E-state index in [1.54, 1.807) is 7.11 Å². The molecule has 0 aliphatic heterocycles. The van der Waals surface area contributed by atoms with Crippen LogP contribution in [0.2, 0.25) is 0 Å². The molecule has 1 unspecified atom stereocenters. The standard InChI is InChI=1S/C13H21NO2/c1-4-12(9-15)14-10(2)11-5-7-13(16-3)8-6-11/h5-8,10,12,14-15H,4,9H2,1-3H3/t10?,12-/m0/s1. The van der Waals surface area contributed by atoms with E-state index in [9.17, 15) is 0 Å². The molecule has 0 radical (unpaired) electrons. The maximum absolute atomic E-state index is 9.12. The summed E-state index contributed by atoms with van der Waals surface area (Å²) in [5.74, 6) is 0.866. The second-order valence-electron chi connectivity index (χ2n) is 3.95. The third-order valence-corrected chi connectivity index (χ3v) is 2.81. The van der Waals surface area contributed by atoms with Crippen molar-refractivity contribution < 1.29 is 9.84 Å². The summed E-state index contributed by atoms with van der Waals surface area (Å²) in [6.45, 7) is 4.34. The first-order chi connectivity index (χ1) is 7.71. The number of aliphatic hydroxyl groups is 1. The Bertz CT molecular complexity index is 293. The monoisotopic (exact) mass is 223 g/mol. The van der Waals surface area contributed by atoms with Crippen LogP contribution in [-0.2, 0) is 0 Å². The summed E-state index contributed by atoms with van der Waals surface area (Å²) in [4.78, 5) is 0. The Labute approximate surface area is 97.4 Å². The molecule has 1 aromatic rings. The smallest absolute Gasteiger partial charge is 0.118 e. The molecule has 90 valence electrons. The number of benzene rings is 1. The summed E-state index contributed by atoms with van der Waals surface area (Å²) < 4.78 is 5.11. The second kappa shape index (κ2) is 6.51. The second-order valence-corrected chi connectivity index (χ2v) is 3.95. The molecule has 0 aliphatic carbocycles. The topological polar surface area (TPSA) is 41.5 Å². The van der Waals surface area contributed by atoms with Crippen LogP contribution in [0.3, 0.4) is 0 Å². The van der Waals surface area contributed by atoms with E-state index in [1.165, 1.54) is 5.56 Å². The highest BCUT2D eigenvalue weighted by molar-refractivity contribution is 5.28. The number of methoxy groups -OCH3 is 1. The van der Waals surface area contributed by atoms with E-state index in [1.807, 2.05) is 24.3 Å². The van der Waals surface area contributed by atoms with Gasteiger partial charge in [0.15, 0.2) is 0 Å². The molecule has 3 nitrogen and oxygen atoms in total. The van der Waals surface area contributed by atoms with E-state index < -0.39 is 0 Å². The zero-order valence-corrected chi connectivity index (χ0v) is 10.2. The molecule has 1 rings (SSSR count). The molecule has 0 saturated carbocycles. The third kappa shape index (κ3) is 3.51. The fourth-order valence-electron chi connectivity index (χ4n) is 1.64. The van der Waals surface area contributed by atoms with Gasteiger partial charge in [0.25, 0.3) is 0 Å². The van der Waals surface area contributed by atoms with Crippen molar-refractivity contribution in [2.45, 2.75) is 32.4 Å². The molecule has 0 bridgehead atoms. The van der Waals surface area contributed by atoms with E-state index in [-0.39, 0.29) is 18.7 Å². The number of hydrogen-bond acceptors (Lipinski definition) is 3. The predicted molar refractivity (Wildman–Crippen MR) is 65.7 cm³/mol. The highest BCUT2D eigenvalue weighted by Crippen LogP contribution is 2.17. The number of hydrogen-bond donors (Lipinski definition) is 2. The Balaban J connectivity index is 2.61. The van der Waals surface area contributed by atoms with Crippen LogP contribution in [-0.4, -0.2) is 24.9 Å². The van der Waals surface area contributed by atoms with Crippen LogP contribution in [0.15, 0.2) is 24.3 Å². The number of aliphatic hydroxyl groups excluding tert-OH is 1. The molecular weight excluding hydrogens is 202 g/mol. The van der Waals surface area contributed by atoms with Crippen LogP contribution in [0.1, 0.15) is 31.9 Å². The van der Waals surface area contributed by atoms with Gasteiger partial charge in [-0.15, -0.1) is 0 Å². The van der Waals surface area contributed by atoms with Crippen LogP contribution in [0, 0.1) is 0 Å². The van der Waals surface area contributed by atoms with Crippen molar-refractivity contribution >= 4 is 0 Å². The first-order valence-corrected chi connectivity index (χ1v) is 5.72. The van der Waals surface area contributed by atoms with E-state index in [4.69, 9.17) is 9.84 Å². The Morgan fingerprint density at radius 1 is 1.31 bits per heavy atom. The SMILES string of the molecule is CC[C@@H](CO)NC(C)c1ccc(OC)cc1. The third-order valence-electron chi connectivity index (χ3n) is 2.81. The molecular formula is C13H21NO2. The number of ether oxygens (including phenoxy) is 1. The number of nitrogens with one attached hydrogen (secondary N) is 1. The summed E-state index contributed by atoms with van der Waals surface area (Å²) in [7, 11) is 1.66. The first-order valence-electron chi connectivity index (χ1n) is 5.72. The normalized spacial score (nSPS) is 14.5. The van der Waals surface area contributed by atoms with E-state index in [0.717, 1.165) is 12.2 Å². The van der Waals surface area contributed by atoms with E-state index in [2.05, 4.69) is 19.2 Å². The van der Waals surface area contributed by atoms with Crippen LogP contribution in [0.25, 0.3) is 0 Å². The van der Waals surface area contributed by atoms with Gasteiger partial charge >= 0.3 is 0 Å². The highest BCUT2D eigenvalue weighted by atomic mass is 16.5. The minimum atomic E-state index is 0.164. The van der Waals surface area contributed by atoms with Crippen LogP contribution >= 0.6 is 0 Å². The fourth-order valence-corrected chi connectivity index (χ4v) is 1.64. The van der Waals surface area contributed by atoms with Crippen molar-refractivity contribution in [2.24, 2.45) is 0 Å².